The Kier molecular flexibility index (Phi) is 5.11. The van der Waals surface area contributed by atoms with E-state index in [2.05, 4.69) is 29.0 Å². The number of hydrogen-bond acceptors (Lipinski definition) is 3. The van der Waals surface area contributed by atoms with Crippen LogP contribution in [0.3, 0.4) is 0 Å². The Morgan fingerprint density at radius 2 is 1.90 bits per heavy atom. The van der Waals surface area contributed by atoms with Crippen molar-refractivity contribution in [1.82, 2.24) is 15.2 Å². The van der Waals surface area contributed by atoms with E-state index >= 15 is 0 Å². The Bertz CT molecular complexity index is 629. The molecule has 0 aliphatic heterocycles. The summed E-state index contributed by atoms with van der Waals surface area (Å²) in [5, 5.41) is 3.47. The summed E-state index contributed by atoms with van der Waals surface area (Å²) in [6, 6.07) is 7.45. The lowest BCUT2D eigenvalue weighted by molar-refractivity contribution is -0.117. The highest BCUT2D eigenvalue weighted by atomic mass is 16.2. The maximum Gasteiger partial charge on any atom is 0.292 e. The van der Waals surface area contributed by atoms with Crippen molar-refractivity contribution in [2.75, 3.05) is 26.2 Å². The molecule has 5 heteroatoms. The van der Waals surface area contributed by atoms with E-state index < -0.39 is 11.7 Å². The normalized spacial score (nSPS) is 11.0. The molecule has 0 unspecified atom stereocenters. The summed E-state index contributed by atoms with van der Waals surface area (Å²) in [6.07, 6.45) is 1.59. The first-order valence-corrected chi connectivity index (χ1v) is 7.28. The van der Waals surface area contributed by atoms with Crippen molar-refractivity contribution in [2.24, 2.45) is 0 Å². The maximum atomic E-state index is 12.2. The number of H-pyrrole nitrogens is 1. The fraction of sp³-hybridized carbons (Fsp3) is 0.375. The summed E-state index contributed by atoms with van der Waals surface area (Å²) < 4.78 is 0. The monoisotopic (exact) mass is 287 g/mol. The molecule has 0 saturated heterocycles. The number of carbonyl (C=O) groups excluding carboxylic acids is 2. The lowest BCUT2D eigenvalue weighted by Crippen LogP contribution is -2.37. The van der Waals surface area contributed by atoms with Crippen molar-refractivity contribution in [3.63, 3.8) is 0 Å². The van der Waals surface area contributed by atoms with Gasteiger partial charge in [0.1, 0.15) is 0 Å². The van der Waals surface area contributed by atoms with Gasteiger partial charge in [0.25, 0.3) is 11.7 Å². The van der Waals surface area contributed by atoms with E-state index in [0.717, 1.165) is 30.5 Å². The van der Waals surface area contributed by atoms with Gasteiger partial charge in [-0.25, -0.2) is 0 Å². The van der Waals surface area contributed by atoms with Crippen LogP contribution < -0.4 is 5.32 Å². The first kappa shape index (κ1) is 15.3. The molecule has 0 bridgehead atoms. The second-order valence-electron chi connectivity index (χ2n) is 4.86. The number of hydrogen-bond donors (Lipinski definition) is 2. The number of benzene rings is 1. The first-order valence-electron chi connectivity index (χ1n) is 7.28. The predicted octanol–water partition coefficient (Wildman–Crippen LogP) is 1.81. The molecule has 0 aliphatic carbocycles. The van der Waals surface area contributed by atoms with Crippen molar-refractivity contribution in [3.05, 3.63) is 36.0 Å². The average molecular weight is 287 g/mol. The molecule has 1 amide bonds. The number of ketones is 1. The second kappa shape index (κ2) is 7.04. The van der Waals surface area contributed by atoms with Crippen LogP contribution in [0.5, 0.6) is 0 Å². The predicted molar refractivity (Wildman–Crippen MR) is 83.4 cm³/mol. The summed E-state index contributed by atoms with van der Waals surface area (Å²) in [4.78, 5) is 29.3. The van der Waals surface area contributed by atoms with E-state index in [9.17, 15) is 9.59 Å². The van der Waals surface area contributed by atoms with E-state index in [0.29, 0.717) is 12.1 Å². The number of rotatable bonds is 7. The molecule has 5 nitrogen and oxygen atoms in total. The fourth-order valence-corrected chi connectivity index (χ4v) is 2.33. The molecule has 0 radical (unpaired) electrons. The highest BCUT2D eigenvalue weighted by molar-refractivity contribution is 6.44. The average Bonchev–Trinajstić information content (AvgIpc) is 2.94. The molecular formula is C16H21N3O2. The third-order valence-electron chi connectivity index (χ3n) is 3.65. The molecule has 2 aromatic rings. The second-order valence-corrected chi connectivity index (χ2v) is 4.86. The van der Waals surface area contributed by atoms with Crippen LogP contribution in [0.15, 0.2) is 30.5 Å². The van der Waals surface area contributed by atoms with Crippen LogP contribution in [0.2, 0.25) is 0 Å². The fourth-order valence-electron chi connectivity index (χ4n) is 2.33. The number of nitrogens with one attached hydrogen (secondary N) is 2. The van der Waals surface area contributed by atoms with Gasteiger partial charge < -0.3 is 15.2 Å². The van der Waals surface area contributed by atoms with Crippen molar-refractivity contribution in [3.8, 4) is 0 Å². The SMILES string of the molecule is CCN(CC)CCNC(=O)C(=O)c1c[nH]c2ccccc12. The first-order chi connectivity index (χ1) is 10.2. The Hall–Kier alpha value is -2.14. The van der Waals surface area contributed by atoms with E-state index in [4.69, 9.17) is 0 Å². The van der Waals surface area contributed by atoms with E-state index in [1.54, 1.807) is 6.20 Å². The molecule has 0 fully saturated rings. The highest BCUT2D eigenvalue weighted by Gasteiger charge is 2.19. The van der Waals surface area contributed by atoms with Crippen molar-refractivity contribution < 1.29 is 9.59 Å². The summed E-state index contributed by atoms with van der Waals surface area (Å²) in [6.45, 7) is 7.24. The zero-order chi connectivity index (χ0) is 15.2. The highest BCUT2D eigenvalue weighted by Crippen LogP contribution is 2.17. The van der Waals surface area contributed by atoms with Gasteiger partial charge in [0.05, 0.1) is 5.56 Å². The molecule has 0 saturated carbocycles. The molecular weight excluding hydrogens is 266 g/mol. The van der Waals surface area contributed by atoms with Crippen molar-refractivity contribution >= 4 is 22.6 Å². The molecule has 0 atom stereocenters. The molecule has 2 rings (SSSR count). The van der Waals surface area contributed by atoms with Gasteiger partial charge in [-0.2, -0.15) is 0 Å². The minimum absolute atomic E-state index is 0.422. The van der Waals surface area contributed by atoms with Crippen LogP contribution in [0.4, 0.5) is 0 Å². The van der Waals surface area contributed by atoms with Gasteiger partial charge in [-0.15, -0.1) is 0 Å². The van der Waals surface area contributed by atoms with Gasteiger partial charge in [0, 0.05) is 30.2 Å². The molecule has 0 spiro atoms. The Labute approximate surface area is 124 Å². The molecule has 1 aromatic carbocycles. The minimum atomic E-state index is -0.549. The van der Waals surface area contributed by atoms with Gasteiger partial charge in [-0.1, -0.05) is 32.0 Å². The van der Waals surface area contributed by atoms with Crippen LogP contribution in [0, 0.1) is 0 Å². The Morgan fingerprint density at radius 3 is 2.62 bits per heavy atom. The molecule has 112 valence electrons. The lowest BCUT2D eigenvalue weighted by atomic mass is 10.1. The van der Waals surface area contributed by atoms with Crippen LogP contribution in [0.25, 0.3) is 10.9 Å². The molecule has 1 aromatic heterocycles. The van der Waals surface area contributed by atoms with Crippen molar-refractivity contribution in [2.45, 2.75) is 13.8 Å². The van der Waals surface area contributed by atoms with Gasteiger partial charge in [-0.3, -0.25) is 9.59 Å². The van der Waals surface area contributed by atoms with Gasteiger partial charge in [0.2, 0.25) is 0 Å². The zero-order valence-electron chi connectivity index (χ0n) is 12.5. The lowest BCUT2D eigenvalue weighted by Gasteiger charge is -2.17. The van der Waals surface area contributed by atoms with Crippen LogP contribution in [-0.2, 0) is 4.79 Å². The molecule has 21 heavy (non-hydrogen) atoms. The van der Waals surface area contributed by atoms with Gasteiger partial charge >= 0.3 is 0 Å². The Balaban J connectivity index is 1.98. The summed E-state index contributed by atoms with van der Waals surface area (Å²) >= 11 is 0. The van der Waals surface area contributed by atoms with E-state index in [-0.39, 0.29) is 0 Å². The standard InChI is InChI=1S/C16H21N3O2/c1-3-19(4-2)10-9-17-16(21)15(20)13-11-18-14-8-6-5-7-12(13)14/h5-8,11,18H,3-4,9-10H2,1-2H3,(H,17,21). The quantitative estimate of drug-likeness (QED) is 0.603. The number of fused-ring (bicyclic) bond motifs is 1. The number of aromatic amines is 1. The number of aromatic nitrogens is 1. The zero-order valence-corrected chi connectivity index (χ0v) is 12.5. The third kappa shape index (κ3) is 3.49. The maximum absolute atomic E-state index is 12.2. The minimum Gasteiger partial charge on any atom is -0.360 e. The number of carbonyl (C=O) groups is 2. The Morgan fingerprint density at radius 1 is 1.19 bits per heavy atom. The number of nitrogens with zero attached hydrogens (tertiary/aromatic N) is 1. The van der Waals surface area contributed by atoms with E-state index in [1.807, 2.05) is 24.3 Å². The summed E-state index contributed by atoms with van der Waals surface area (Å²) in [5.74, 6) is -1.04. The third-order valence-corrected chi connectivity index (χ3v) is 3.65. The largest absolute Gasteiger partial charge is 0.360 e. The van der Waals surface area contributed by atoms with Crippen LogP contribution in [0.1, 0.15) is 24.2 Å². The number of likely N-dealkylation sites (N-methyl/N-ethyl adjacent to an activating group) is 1. The number of amides is 1. The van der Waals surface area contributed by atoms with Crippen molar-refractivity contribution in [1.29, 1.82) is 0 Å². The molecule has 2 N–H and O–H groups in total. The van der Waals surface area contributed by atoms with Crippen LogP contribution >= 0.6 is 0 Å². The van der Waals surface area contributed by atoms with Crippen LogP contribution in [-0.4, -0.2) is 47.8 Å². The molecule has 1 heterocycles. The molecule has 0 aliphatic rings. The number of para-hydroxylation sites is 1. The van der Waals surface area contributed by atoms with E-state index in [1.165, 1.54) is 0 Å². The summed E-state index contributed by atoms with van der Waals surface area (Å²) in [7, 11) is 0. The van der Waals surface area contributed by atoms with Gasteiger partial charge in [0.15, 0.2) is 0 Å². The smallest absolute Gasteiger partial charge is 0.292 e. The topological polar surface area (TPSA) is 65.2 Å². The summed E-state index contributed by atoms with van der Waals surface area (Å²) in [5.41, 5.74) is 1.28. The number of Topliss-reactive ketones (excluding diaryl/α,β-unsaturated/α-hetero) is 1. The van der Waals surface area contributed by atoms with Gasteiger partial charge in [-0.05, 0) is 19.2 Å².